The topological polar surface area (TPSA) is 171 Å². The van der Waals surface area contributed by atoms with E-state index in [-0.39, 0.29) is 37.5 Å². The standard InChI is InChI=1S/C20H33F2N3O8S/c1-11(2)9-14(25-19(29)33-13-3-6-20(21,22)7-4-13)17(27)24-15(18(28)34(30,31)32)10-12-5-8-23-16(12)26/h11-15,18,28H,3-10H2,1-2H3,(H,23,26)(H,24,27)(H,25,29)(H,30,31,32)/t12-,14+,15+,18?/m1/s1. The molecule has 0 bridgehead atoms. The molecule has 14 heteroatoms. The summed E-state index contributed by atoms with van der Waals surface area (Å²) in [5.74, 6) is -4.81. The van der Waals surface area contributed by atoms with Crippen molar-refractivity contribution in [2.24, 2.45) is 11.8 Å². The quantitative estimate of drug-likeness (QED) is 0.268. The number of ether oxygens (including phenoxy) is 1. The van der Waals surface area contributed by atoms with Crippen LogP contribution in [-0.2, 0) is 24.4 Å². The van der Waals surface area contributed by atoms with Crippen molar-refractivity contribution in [3.05, 3.63) is 0 Å². The summed E-state index contributed by atoms with van der Waals surface area (Å²) >= 11 is 0. The molecule has 4 atom stereocenters. The van der Waals surface area contributed by atoms with Crippen molar-refractivity contribution >= 4 is 28.0 Å². The maximum atomic E-state index is 13.3. The number of halogens is 2. The summed E-state index contributed by atoms with van der Waals surface area (Å²) in [5, 5.41) is 17.3. The lowest BCUT2D eigenvalue weighted by atomic mass is 9.94. The van der Waals surface area contributed by atoms with Gasteiger partial charge in [0.05, 0.1) is 6.04 Å². The van der Waals surface area contributed by atoms with Crippen molar-refractivity contribution in [3.63, 3.8) is 0 Å². The minimum absolute atomic E-state index is 0.0203. The Morgan fingerprint density at radius 2 is 1.82 bits per heavy atom. The maximum absolute atomic E-state index is 13.3. The predicted molar refractivity (Wildman–Crippen MR) is 115 cm³/mol. The van der Waals surface area contributed by atoms with Crippen LogP contribution in [0.25, 0.3) is 0 Å². The van der Waals surface area contributed by atoms with Gasteiger partial charge in [-0.25, -0.2) is 13.6 Å². The first-order valence-corrected chi connectivity index (χ1v) is 12.8. The molecule has 0 aromatic carbocycles. The Morgan fingerprint density at radius 1 is 1.21 bits per heavy atom. The van der Waals surface area contributed by atoms with Gasteiger partial charge in [0, 0.05) is 25.3 Å². The molecule has 11 nitrogen and oxygen atoms in total. The zero-order valence-corrected chi connectivity index (χ0v) is 19.9. The molecule has 0 spiro atoms. The maximum Gasteiger partial charge on any atom is 0.408 e. The molecule has 1 aliphatic carbocycles. The second-order valence-electron chi connectivity index (χ2n) is 9.32. The molecule has 1 saturated carbocycles. The monoisotopic (exact) mass is 513 g/mol. The third-order valence-corrected chi connectivity index (χ3v) is 6.87. The largest absolute Gasteiger partial charge is 0.446 e. The number of carbonyl (C=O) groups is 3. The van der Waals surface area contributed by atoms with E-state index in [0.29, 0.717) is 13.0 Å². The number of aliphatic hydroxyl groups excluding tert-OH is 1. The first-order chi connectivity index (χ1) is 15.7. The Bertz CT molecular complexity index is 845. The molecule has 2 rings (SSSR count). The fraction of sp³-hybridized carbons (Fsp3) is 0.850. The van der Waals surface area contributed by atoms with E-state index in [4.69, 9.17) is 4.74 Å². The Hall–Kier alpha value is -2.06. The van der Waals surface area contributed by atoms with Gasteiger partial charge in [0.15, 0.2) is 0 Å². The molecule has 1 unspecified atom stereocenters. The van der Waals surface area contributed by atoms with Crippen molar-refractivity contribution in [3.8, 4) is 0 Å². The van der Waals surface area contributed by atoms with Crippen LogP contribution >= 0.6 is 0 Å². The second-order valence-corrected chi connectivity index (χ2v) is 10.8. The number of hydrogen-bond acceptors (Lipinski definition) is 7. The number of amides is 3. The molecule has 2 aliphatic rings. The van der Waals surface area contributed by atoms with Gasteiger partial charge >= 0.3 is 6.09 Å². The van der Waals surface area contributed by atoms with Gasteiger partial charge in [-0.1, -0.05) is 13.8 Å². The number of hydrogen-bond donors (Lipinski definition) is 5. The molecule has 1 aliphatic heterocycles. The van der Waals surface area contributed by atoms with Gasteiger partial charge in [0.25, 0.3) is 10.1 Å². The molecule has 34 heavy (non-hydrogen) atoms. The highest BCUT2D eigenvalue weighted by molar-refractivity contribution is 7.86. The van der Waals surface area contributed by atoms with Crippen LogP contribution in [-0.4, -0.2) is 72.1 Å². The normalized spacial score (nSPS) is 23.6. The summed E-state index contributed by atoms with van der Waals surface area (Å²) < 4.78 is 64.1. The van der Waals surface area contributed by atoms with Crippen LogP contribution in [0.4, 0.5) is 13.6 Å². The molecule has 0 aromatic heterocycles. The molecular formula is C20H33F2N3O8S. The van der Waals surface area contributed by atoms with Crippen molar-refractivity contribution in [2.75, 3.05) is 6.54 Å². The zero-order chi connectivity index (χ0) is 25.7. The number of nitrogens with one attached hydrogen (secondary N) is 3. The molecule has 0 aromatic rings. The van der Waals surface area contributed by atoms with Crippen molar-refractivity contribution in [2.45, 2.75) is 88.3 Å². The van der Waals surface area contributed by atoms with Crippen LogP contribution in [0.2, 0.25) is 0 Å². The number of alkyl halides is 2. The Labute approximate surface area is 197 Å². The summed E-state index contributed by atoms with van der Waals surface area (Å²) in [4.78, 5) is 37.1. The SMILES string of the molecule is CC(C)C[C@H](NC(=O)OC1CCC(F)(F)CC1)C(=O)N[C@@H](C[C@H]1CCNC1=O)C(O)S(=O)(=O)O. The van der Waals surface area contributed by atoms with Crippen molar-refractivity contribution in [1.82, 2.24) is 16.0 Å². The number of aliphatic hydroxyl groups is 1. The van der Waals surface area contributed by atoms with Gasteiger partial charge < -0.3 is 25.8 Å². The van der Waals surface area contributed by atoms with Gasteiger partial charge in [0.1, 0.15) is 12.1 Å². The van der Waals surface area contributed by atoms with E-state index in [9.17, 15) is 41.2 Å². The Kier molecular flexibility index (Phi) is 9.60. The van der Waals surface area contributed by atoms with Gasteiger partial charge in [-0.05, 0) is 38.0 Å². The third-order valence-electron chi connectivity index (χ3n) is 5.93. The third kappa shape index (κ3) is 8.62. The first-order valence-electron chi connectivity index (χ1n) is 11.3. The van der Waals surface area contributed by atoms with E-state index in [1.807, 2.05) is 0 Å². The number of rotatable bonds is 10. The Balaban J connectivity index is 2.06. The molecule has 196 valence electrons. The van der Waals surface area contributed by atoms with E-state index >= 15 is 0 Å². The van der Waals surface area contributed by atoms with E-state index in [0.717, 1.165) is 0 Å². The molecule has 3 amide bonds. The highest BCUT2D eigenvalue weighted by atomic mass is 32.2. The lowest BCUT2D eigenvalue weighted by molar-refractivity contribution is -0.126. The smallest absolute Gasteiger partial charge is 0.408 e. The van der Waals surface area contributed by atoms with Crippen LogP contribution in [0.1, 0.15) is 58.8 Å². The fourth-order valence-electron chi connectivity index (χ4n) is 4.08. The van der Waals surface area contributed by atoms with E-state index in [2.05, 4.69) is 16.0 Å². The fourth-order valence-corrected chi connectivity index (χ4v) is 4.67. The molecule has 1 saturated heterocycles. The predicted octanol–water partition coefficient (Wildman–Crippen LogP) is 0.922. The molecule has 2 fully saturated rings. The van der Waals surface area contributed by atoms with E-state index in [1.165, 1.54) is 0 Å². The molecule has 1 heterocycles. The number of alkyl carbamates (subject to hydrolysis) is 1. The zero-order valence-electron chi connectivity index (χ0n) is 19.1. The van der Waals surface area contributed by atoms with Gasteiger partial charge in [-0.15, -0.1) is 0 Å². The average molecular weight is 514 g/mol. The van der Waals surface area contributed by atoms with E-state index < -0.39 is 70.4 Å². The van der Waals surface area contributed by atoms with Crippen LogP contribution in [0.5, 0.6) is 0 Å². The Morgan fingerprint density at radius 3 is 2.32 bits per heavy atom. The molecule has 5 N–H and O–H groups in total. The molecule has 0 radical (unpaired) electrons. The van der Waals surface area contributed by atoms with Gasteiger partial charge in [0.2, 0.25) is 23.2 Å². The van der Waals surface area contributed by atoms with Gasteiger partial charge in [-0.3, -0.25) is 14.1 Å². The lowest BCUT2D eigenvalue weighted by Gasteiger charge is -2.29. The highest BCUT2D eigenvalue weighted by Crippen LogP contribution is 2.34. The summed E-state index contributed by atoms with van der Waals surface area (Å²) in [6.45, 7) is 3.89. The van der Waals surface area contributed by atoms with E-state index in [1.54, 1.807) is 13.8 Å². The first kappa shape index (κ1) is 28.2. The van der Waals surface area contributed by atoms with Crippen LogP contribution in [0, 0.1) is 11.8 Å². The minimum Gasteiger partial charge on any atom is -0.446 e. The summed E-state index contributed by atoms with van der Waals surface area (Å²) in [7, 11) is -4.97. The minimum atomic E-state index is -4.97. The lowest BCUT2D eigenvalue weighted by Crippen LogP contribution is -2.55. The van der Waals surface area contributed by atoms with Crippen LogP contribution in [0.15, 0.2) is 0 Å². The highest BCUT2D eigenvalue weighted by Gasteiger charge is 2.39. The molecular weight excluding hydrogens is 480 g/mol. The number of carbonyl (C=O) groups excluding carboxylic acids is 3. The van der Waals surface area contributed by atoms with Gasteiger partial charge in [-0.2, -0.15) is 8.42 Å². The second kappa shape index (κ2) is 11.6. The van der Waals surface area contributed by atoms with Crippen LogP contribution < -0.4 is 16.0 Å². The summed E-state index contributed by atoms with van der Waals surface area (Å²) in [6, 6.07) is -2.73. The average Bonchev–Trinajstić information content (AvgIpc) is 3.11. The van der Waals surface area contributed by atoms with Crippen molar-refractivity contribution < 1.29 is 46.0 Å². The van der Waals surface area contributed by atoms with Crippen molar-refractivity contribution in [1.29, 1.82) is 0 Å². The summed E-state index contributed by atoms with van der Waals surface area (Å²) in [5.41, 5.74) is -2.39. The van der Waals surface area contributed by atoms with Crippen LogP contribution in [0.3, 0.4) is 0 Å². The summed E-state index contributed by atoms with van der Waals surface area (Å²) in [6.07, 6.45) is -2.37.